The van der Waals surface area contributed by atoms with Crippen molar-refractivity contribution in [2.75, 3.05) is 18.1 Å². The molecule has 4 rings (SSSR count). The summed E-state index contributed by atoms with van der Waals surface area (Å²) in [7, 11) is 1.74. The maximum absolute atomic E-state index is 12.9. The Balaban J connectivity index is 1.79. The van der Waals surface area contributed by atoms with Crippen molar-refractivity contribution in [3.63, 3.8) is 0 Å². The van der Waals surface area contributed by atoms with Crippen LogP contribution in [0.3, 0.4) is 0 Å². The zero-order valence-corrected chi connectivity index (χ0v) is 18.2. The molecule has 0 bridgehead atoms. The van der Waals surface area contributed by atoms with Crippen molar-refractivity contribution >= 4 is 62.3 Å². The van der Waals surface area contributed by atoms with E-state index in [4.69, 9.17) is 28.9 Å². The molecule has 1 aliphatic rings. The molecule has 1 saturated carbocycles. The number of hydrogen-bond acceptors (Lipinski definition) is 6. The zero-order valence-electron chi connectivity index (χ0n) is 15.9. The topological polar surface area (TPSA) is 92.9 Å². The maximum atomic E-state index is 12.9. The van der Waals surface area contributed by atoms with Crippen molar-refractivity contribution in [2.24, 2.45) is 0 Å². The van der Waals surface area contributed by atoms with E-state index in [0.717, 1.165) is 31.2 Å². The number of carbonyl (C=O) groups excluding carboxylic acids is 1. The Morgan fingerprint density at radius 2 is 1.93 bits per heavy atom. The number of thiophene rings is 1. The molecule has 152 valence electrons. The summed E-state index contributed by atoms with van der Waals surface area (Å²) in [5.74, 6) is 0.294. The van der Waals surface area contributed by atoms with Crippen molar-refractivity contribution in [3.8, 4) is 11.3 Å². The molecule has 2 aromatic heterocycles. The number of benzene rings is 1. The van der Waals surface area contributed by atoms with Gasteiger partial charge in [-0.15, -0.1) is 11.3 Å². The first-order valence-electron chi connectivity index (χ1n) is 9.52. The molecule has 1 aliphatic carbocycles. The standard InChI is InChI=1S/C20H21Cl2N5OS/c1-24-20-26-16(10-7-8-12(21)13(22)9-10)14-15(23)17(29-19(14)27-20)18(28)25-11-5-3-2-4-6-11/h7-9,11H,2-6,23H2,1H3,(H,25,28)(H,24,26,27). The average molecular weight is 450 g/mol. The highest BCUT2D eigenvalue weighted by Gasteiger charge is 2.24. The third-order valence-corrected chi connectivity index (χ3v) is 6.99. The normalized spacial score (nSPS) is 14.9. The number of carbonyl (C=O) groups is 1. The van der Waals surface area contributed by atoms with E-state index >= 15 is 0 Å². The SMILES string of the molecule is CNc1nc(-c2ccc(Cl)c(Cl)c2)c2c(N)c(C(=O)NC3CCCCC3)sc2n1. The molecule has 3 aromatic rings. The minimum Gasteiger partial charge on any atom is -0.397 e. The molecule has 2 heterocycles. The molecule has 0 spiro atoms. The molecule has 4 N–H and O–H groups in total. The number of hydrogen-bond donors (Lipinski definition) is 3. The third kappa shape index (κ3) is 3.99. The maximum Gasteiger partial charge on any atom is 0.263 e. The van der Waals surface area contributed by atoms with Crippen LogP contribution in [0.4, 0.5) is 11.6 Å². The Morgan fingerprint density at radius 3 is 2.62 bits per heavy atom. The molecule has 1 aromatic carbocycles. The van der Waals surface area contributed by atoms with Gasteiger partial charge in [-0.05, 0) is 25.0 Å². The zero-order chi connectivity index (χ0) is 20.5. The minimum absolute atomic E-state index is 0.150. The fraction of sp³-hybridized carbons (Fsp3) is 0.350. The number of aromatic nitrogens is 2. The molecule has 1 fully saturated rings. The molecule has 0 aliphatic heterocycles. The molecule has 6 nitrogen and oxygen atoms in total. The van der Waals surface area contributed by atoms with E-state index in [9.17, 15) is 4.79 Å². The van der Waals surface area contributed by atoms with E-state index in [0.29, 0.717) is 42.5 Å². The summed E-state index contributed by atoms with van der Waals surface area (Å²) in [6.07, 6.45) is 5.53. The summed E-state index contributed by atoms with van der Waals surface area (Å²) in [6.45, 7) is 0. The smallest absolute Gasteiger partial charge is 0.263 e. The lowest BCUT2D eigenvalue weighted by Gasteiger charge is -2.22. The van der Waals surface area contributed by atoms with Gasteiger partial charge in [0.1, 0.15) is 9.71 Å². The predicted octanol–water partition coefficient (Wildman–Crippen LogP) is 5.35. The third-order valence-electron chi connectivity index (χ3n) is 5.15. The highest BCUT2D eigenvalue weighted by atomic mass is 35.5. The van der Waals surface area contributed by atoms with Gasteiger partial charge in [-0.1, -0.05) is 48.5 Å². The van der Waals surface area contributed by atoms with Crippen LogP contribution in [-0.4, -0.2) is 29.0 Å². The van der Waals surface area contributed by atoms with Gasteiger partial charge in [0.05, 0.1) is 26.8 Å². The summed E-state index contributed by atoms with van der Waals surface area (Å²) in [5.41, 5.74) is 8.19. The number of amides is 1. The molecule has 1 amide bonds. The van der Waals surface area contributed by atoms with Crippen molar-refractivity contribution in [1.29, 1.82) is 0 Å². The monoisotopic (exact) mass is 449 g/mol. The minimum atomic E-state index is -0.150. The van der Waals surface area contributed by atoms with E-state index in [2.05, 4.69) is 20.6 Å². The van der Waals surface area contributed by atoms with Crippen LogP contribution in [0, 0.1) is 0 Å². The molecule has 0 unspecified atom stereocenters. The van der Waals surface area contributed by atoms with Gasteiger partial charge >= 0.3 is 0 Å². The van der Waals surface area contributed by atoms with Crippen LogP contribution in [-0.2, 0) is 0 Å². The van der Waals surface area contributed by atoms with E-state index in [1.54, 1.807) is 19.2 Å². The van der Waals surface area contributed by atoms with Crippen molar-refractivity contribution in [2.45, 2.75) is 38.1 Å². The number of rotatable bonds is 4. The second-order valence-corrected chi connectivity index (χ2v) is 8.92. The fourth-order valence-electron chi connectivity index (χ4n) is 3.65. The first kappa shape index (κ1) is 20.2. The molecule has 0 atom stereocenters. The van der Waals surface area contributed by atoms with Gasteiger partial charge in [-0.3, -0.25) is 4.79 Å². The van der Waals surface area contributed by atoms with Gasteiger partial charge in [0.2, 0.25) is 5.95 Å². The van der Waals surface area contributed by atoms with E-state index in [1.165, 1.54) is 17.8 Å². The highest BCUT2D eigenvalue weighted by Crippen LogP contribution is 2.40. The second-order valence-electron chi connectivity index (χ2n) is 7.11. The van der Waals surface area contributed by atoms with Crippen molar-refractivity contribution < 1.29 is 4.79 Å². The largest absolute Gasteiger partial charge is 0.397 e. The van der Waals surface area contributed by atoms with Crippen LogP contribution in [0.15, 0.2) is 18.2 Å². The molecular formula is C20H21Cl2N5OS. The first-order chi connectivity index (χ1) is 14.0. The number of halogens is 2. The van der Waals surface area contributed by atoms with E-state index in [1.807, 2.05) is 6.07 Å². The number of fused-ring (bicyclic) bond motifs is 1. The van der Waals surface area contributed by atoms with Gasteiger partial charge < -0.3 is 16.4 Å². The van der Waals surface area contributed by atoms with Crippen LogP contribution in [0.5, 0.6) is 0 Å². The number of anilines is 2. The molecule has 9 heteroatoms. The Morgan fingerprint density at radius 1 is 1.17 bits per heavy atom. The van der Waals surface area contributed by atoms with Gasteiger partial charge in [0.15, 0.2) is 0 Å². The van der Waals surface area contributed by atoms with Crippen LogP contribution < -0.4 is 16.4 Å². The summed E-state index contributed by atoms with van der Waals surface area (Å²) >= 11 is 13.5. The predicted molar refractivity (Wildman–Crippen MR) is 121 cm³/mol. The van der Waals surface area contributed by atoms with E-state index < -0.39 is 0 Å². The van der Waals surface area contributed by atoms with Crippen LogP contribution in [0.2, 0.25) is 10.0 Å². The van der Waals surface area contributed by atoms with Gasteiger partial charge in [-0.25, -0.2) is 9.97 Å². The first-order valence-corrected chi connectivity index (χ1v) is 11.1. The van der Waals surface area contributed by atoms with E-state index in [-0.39, 0.29) is 11.9 Å². The van der Waals surface area contributed by atoms with Crippen LogP contribution in [0.25, 0.3) is 21.5 Å². The van der Waals surface area contributed by atoms with Crippen LogP contribution in [0.1, 0.15) is 41.8 Å². The lowest BCUT2D eigenvalue weighted by atomic mass is 9.95. The quantitative estimate of drug-likeness (QED) is 0.498. The molecular weight excluding hydrogens is 429 g/mol. The lowest BCUT2D eigenvalue weighted by Crippen LogP contribution is -2.36. The molecule has 29 heavy (non-hydrogen) atoms. The van der Waals surface area contributed by atoms with Gasteiger partial charge in [0, 0.05) is 18.7 Å². The fourth-order valence-corrected chi connectivity index (χ4v) is 4.95. The Bertz CT molecular complexity index is 1080. The summed E-state index contributed by atoms with van der Waals surface area (Å²) < 4.78 is 0. The van der Waals surface area contributed by atoms with Crippen molar-refractivity contribution in [1.82, 2.24) is 15.3 Å². The number of nitrogens with two attached hydrogens (primary N) is 1. The summed E-state index contributed by atoms with van der Waals surface area (Å²) in [4.78, 5) is 23.1. The second kappa shape index (κ2) is 8.34. The Hall–Kier alpha value is -2.09. The van der Waals surface area contributed by atoms with Gasteiger partial charge in [-0.2, -0.15) is 0 Å². The lowest BCUT2D eigenvalue weighted by molar-refractivity contribution is 0.0932. The van der Waals surface area contributed by atoms with Crippen molar-refractivity contribution in [3.05, 3.63) is 33.1 Å². The van der Waals surface area contributed by atoms with Gasteiger partial charge in [0.25, 0.3) is 5.91 Å². The summed E-state index contributed by atoms with van der Waals surface area (Å²) in [6, 6.07) is 5.48. The number of nitrogens with one attached hydrogen (secondary N) is 2. The Kier molecular flexibility index (Phi) is 5.81. The number of nitrogens with zero attached hydrogens (tertiary/aromatic N) is 2. The highest BCUT2D eigenvalue weighted by molar-refractivity contribution is 7.21. The molecule has 0 saturated heterocycles. The Labute approximate surface area is 182 Å². The average Bonchev–Trinajstić information content (AvgIpc) is 3.07. The number of nitrogen functional groups attached to an aromatic ring is 1. The van der Waals surface area contributed by atoms with Crippen LogP contribution >= 0.6 is 34.5 Å². The summed E-state index contributed by atoms with van der Waals surface area (Å²) in [5, 5.41) is 7.63. The molecule has 0 radical (unpaired) electrons.